The van der Waals surface area contributed by atoms with E-state index in [4.69, 9.17) is 9.26 Å². The van der Waals surface area contributed by atoms with Gasteiger partial charge in [0.25, 0.3) is 5.89 Å². The maximum Gasteiger partial charge on any atom is 0.257 e. The number of hydrogen-bond acceptors (Lipinski definition) is 7. The molecule has 2 atom stereocenters. The lowest BCUT2D eigenvalue weighted by molar-refractivity contribution is -0.0838. The molecule has 0 saturated carbocycles. The molecule has 1 fully saturated rings. The summed E-state index contributed by atoms with van der Waals surface area (Å²) in [6, 6.07) is 4.88. The molecule has 1 saturated heterocycles. The number of benzene rings is 1. The highest BCUT2D eigenvalue weighted by Gasteiger charge is 2.29. The van der Waals surface area contributed by atoms with Gasteiger partial charge in [0.05, 0.1) is 12.6 Å². The van der Waals surface area contributed by atoms with Gasteiger partial charge in [0.15, 0.2) is 0 Å². The Bertz CT molecular complexity index is 871. The van der Waals surface area contributed by atoms with Crippen LogP contribution in [0, 0.1) is 5.82 Å². The lowest BCUT2D eigenvalue weighted by atomic mass is 10.1. The van der Waals surface area contributed by atoms with Crippen molar-refractivity contribution in [1.82, 2.24) is 29.8 Å². The van der Waals surface area contributed by atoms with Crippen molar-refractivity contribution in [2.45, 2.75) is 25.7 Å². The SMILES string of the molecule is C[C@@H]1CN(C)C[C@H](c2nc(-c3ccc(Cn4cnnc4)c(F)c3)no2)O1. The normalized spacial score (nSPS) is 21.2. The molecule has 26 heavy (non-hydrogen) atoms. The van der Waals surface area contributed by atoms with Crippen molar-refractivity contribution in [3.63, 3.8) is 0 Å². The molecule has 2 aromatic heterocycles. The van der Waals surface area contributed by atoms with E-state index in [1.807, 2.05) is 14.0 Å². The van der Waals surface area contributed by atoms with Gasteiger partial charge in [-0.25, -0.2) is 4.39 Å². The first-order chi connectivity index (χ1) is 12.6. The van der Waals surface area contributed by atoms with Crippen LogP contribution in [0.5, 0.6) is 0 Å². The number of halogens is 1. The van der Waals surface area contributed by atoms with Crippen LogP contribution in [0.25, 0.3) is 11.4 Å². The van der Waals surface area contributed by atoms with Gasteiger partial charge in [0.2, 0.25) is 5.82 Å². The number of nitrogens with zero attached hydrogens (tertiary/aromatic N) is 6. The second-order valence-electron chi connectivity index (χ2n) is 6.55. The molecule has 3 aromatic rings. The minimum absolute atomic E-state index is 0.0866. The monoisotopic (exact) mass is 358 g/mol. The molecule has 0 spiro atoms. The van der Waals surface area contributed by atoms with Gasteiger partial charge in [-0.05, 0) is 20.0 Å². The largest absolute Gasteiger partial charge is 0.363 e. The van der Waals surface area contributed by atoms with Gasteiger partial charge in [0, 0.05) is 24.2 Å². The number of morpholine rings is 1. The van der Waals surface area contributed by atoms with Crippen LogP contribution >= 0.6 is 0 Å². The van der Waals surface area contributed by atoms with Crippen molar-refractivity contribution in [2.24, 2.45) is 0 Å². The zero-order valence-electron chi connectivity index (χ0n) is 14.5. The molecule has 0 amide bonds. The molecule has 1 aliphatic rings. The first-order valence-electron chi connectivity index (χ1n) is 8.37. The van der Waals surface area contributed by atoms with Crippen LogP contribution < -0.4 is 0 Å². The van der Waals surface area contributed by atoms with Gasteiger partial charge in [0.1, 0.15) is 24.6 Å². The second kappa shape index (κ2) is 6.93. The van der Waals surface area contributed by atoms with Crippen molar-refractivity contribution in [1.29, 1.82) is 0 Å². The smallest absolute Gasteiger partial charge is 0.257 e. The molecule has 0 bridgehead atoms. The zero-order chi connectivity index (χ0) is 18.1. The Morgan fingerprint density at radius 2 is 2.04 bits per heavy atom. The molecule has 0 N–H and O–H groups in total. The van der Waals surface area contributed by atoms with E-state index in [1.54, 1.807) is 29.4 Å². The molecule has 0 unspecified atom stereocenters. The van der Waals surface area contributed by atoms with E-state index in [0.717, 1.165) is 6.54 Å². The third kappa shape index (κ3) is 3.49. The number of aromatic nitrogens is 5. The minimum atomic E-state index is -0.343. The highest BCUT2D eigenvalue weighted by atomic mass is 19.1. The summed E-state index contributed by atoms with van der Waals surface area (Å²) < 4.78 is 27.3. The highest BCUT2D eigenvalue weighted by molar-refractivity contribution is 5.55. The maximum atomic E-state index is 14.4. The van der Waals surface area contributed by atoms with E-state index in [0.29, 0.717) is 35.9 Å². The van der Waals surface area contributed by atoms with Crippen molar-refractivity contribution >= 4 is 0 Å². The summed E-state index contributed by atoms with van der Waals surface area (Å²) in [4.78, 5) is 6.55. The lowest BCUT2D eigenvalue weighted by Crippen LogP contribution is -2.40. The summed E-state index contributed by atoms with van der Waals surface area (Å²) in [6.07, 6.45) is 2.90. The standard InChI is InChI=1S/C17H19FN6O2/c1-11-6-23(2)8-15(25-11)17-21-16(22-26-17)12-3-4-13(14(18)5-12)7-24-9-19-20-10-24/h3-5,9-11,15H,6-8H2,1-2H3/t11-,15-/m1/s1. The van der Waals surface area contributed by atoms with E-state index in [1.165, 1.54) is 6.07 Å². The van der Waals surface area contributed by atoms with Gasteiger partial charge >= 0.3 is 0 Å². The number of ether oxygens (including phenoxy) is 1. The van der Waals surface area contributed by atoms with Crippen LogP contribution in [0.1, 0.15) is 24.5 Å². The summed E-state index contributed by atoms with van der Waals surface area (Å²) in [5.74, 6) is 0.413. The molecule has 0 radical (unpaired) electrons. The minimum Gasteiger partial charge on any atom is -0.363 e. The van der Waals surface area contributed by atoms with E-state index >= 15 is 0 Å². The van der Waals surface area contributed by atoms with E-state index in [-0.39, 0.29) is 18.0 Å². The van der Waals surface area contributed by atoms with Crippen LogP contribution in [-0.4, -0.2) is 56.0 Å². The number of hydrogen-bond donors (Lipinski definition) is 0. The topological polar surface area (TPSA) is 82.1 Å². The fourth-order valence-electron chi connectivity index (χ4n) is 3.10. The summed E-state index contributed by atoms with van der Waals surface area (Å²) in [5, 5.41) is 11.4. The first kappa shape index (κ1) is 16.8. The molecular weight excluding hydrogens is 339 g/mol. The molecule has 9 heteroatoms. The predicted molar refractivity (Wildman–Crippen MR) is 89.6 cm³/mol. The molecular formula is C17H19FN6O2. The van der Waals surface area contributed by atoms with Crippen LogP contribution in [0.2, 0.25) is 0 Å². The summed E-state index contributed by atoms with van der Waals surface area (Å²) in [6.45, 7) is 3.90. The van der Waals surface area contributed by atoms with Crippen LogP contribution in [-0.2, 0) is 11.3 Å². The van der Waals surface area contributed by atoms with E-state index in [9.17, 15) is 4.39 Å². The van der Waals surface area contributed by atoms with Crippen LogP contribution in [0.15, 0.2) is 35.4 Å². The average Bonchev–Trinajstić information content (AvgIpc) is 3.27. The highest BCUT2D eigenvalue weighted by Crippen LogP contribution is 2.26. The molecule has 0 aliphatic carbocycles. The maximum absolute atomic E-state index is 14.4. The Morgan fingerprint density at radius 3 is 2.77 bits per heavy atom. The van der Waals surface area contributed by atoms with E-state index < -0.39 is 0 Å². The van der Waals surface area contributed by atoms with Crippen LogP contribution in [0.3, 0.4) is 0 Å². The van der Waals surface area contributed by atoms with Crippen molar-refractivity contribution in [2.75, 3.05) is 20.1 Å². The van der Waals surface area contributed by atoms with Crippen molar-refractivity contribution < 1.29 is 13.7 Å². The summed E-state index contributed by atoms with van der Waals surface area (Å²) in [7, 11) is 2.02. The molecule has 1 aliphatic heterocycles. The Hall–Kier alpha value is -2.65. The van der Waals surface area contributed by atoms with Gasteiger partial charge in [-0.2, -0.15) is 4.98 Å². The third-order valence-electron chi connectivity index (χ3n) is 4.29. The zero-order valence-corrected chi connectivity index (χ0v) is 14.5. The number of rotatable bonds is 4. The third-order valence-corrected chi connectivity index (χ3v) is 4.29. The van der Waals surface area contributed by atoms with Gasteiger partial charge in [-0.15, -0.1) is 10.2 Å². The molecule has 4 rings (SSSR count). The Kier molecular flexibility index (Phi) is 4.48. The van der Waals surface area contributed by atoms with Crippen LogP contribution in [0.4, 0.5) is 4.39 Å². The van der Waals surface area contributed by atoms with Crippen molar-refractivity contribution in [3.8, 4) is 11.4 Å². The van der Waals surface area contributed by atoms with Gasteiger partial charge < -0.3 is 18.7 Å². The van der Waals surface area contributed by atoms with E-state index in [2.05, 4.69) is 25.2 Å². The predicted octanol–water partition coefficient (Wildman–Crippen LogP) is 1.91. The first-order valence-corrected chi connectivity index (χ1v) is 8.37. The quantitative estimate of drug-likeness (QED) is 0.704. The number of likely N-dealkylation sites (N-methyl/N-ethyl adjacent to an activating group) is 1. The van der Waals surface area contributed by atoms with Crippen molar-refractivity contribution in [3.05, 3.63) is 48.1 Å². The average molecular weight is 358 g/mol. The fourth-order valence-corrected chi connectivity index (χ4v) is 3.10. The molecule has 1 aromatic carbocycles. The molecule has 136 valence electrons. The Balaban J connectivity index is 1.53. The molecule has 8 nitrogen and oxygen atoms in total. The Morgan fingerprint density at radius 1 is 1.23 bits per heavy atom. The van der Waals surface area contributed by atoms with Gasteiger partial charge in [-0.3, -0.25) is 0 Å². The lowest BCUT2D eigenvalue weighted by Gasteiger charge is -2.32. The Labute approximate surface area is 149 Å². The summed E-state index contributed by atoms with van der Waals surface area (Å²) >= 11 is 0. The second-order valence-corrected chi connectivity index (χ2v) is 6.55. The molecule has 3 heterocycles. The fraction of sp³-hybridized carbons (Fsp3) is 0.412. The van der Waals surface area contributed by atoms with Gasteiger partial charge in [-0.1, -0.05) is 17.3 Å². The summed E-state index contributed by atoms with van der Waals surface area (Å²) in [5.41, 5.74) is 1.09.